The molecule has 2 aliphatic rings. The third-order valence-electron chi connectivity index (χ3n) is 4.82. The summed E-state index contributed by atoms with van der Waals surface area (Å²) in [5.41, 5.74) is 0. The molecule has 130 valence electrons. The first-order valence-corrected chi connectivity index (χ1v) is 8.42. The van der Waals surface area contributed by atoms with Crippen LogP contribution in [0.2, 0.25) is 0 Å². The molecule has 2 N–H and O–H groups in total. The second-order valence-electron chi connectivity index (χ2n) is 6.81. The molecule has 0 aromatic carbocycles. The Bertz CT molecular complexity index is 462. The highest BCUT2D eigenvalue weighted by Gasteiger charge is 2.35. The lowest BCUT2D eigenvalue weighted by atomic mass is 9.94. The number of carboxylic acids is 1. The molecule has 2 fully saturated rings. The normalized spacial score (nSPS) is 23.7. The molecule has 0 spiro atoms. The standard InChI is InChI=1S/C16H27N3O4/c1-11(15(21)22)9-18(2)16(23)17-12-8-14(20)19(10-12)13-6-4-3-5-7-13/h11-13H,3-10H2,1-2H3,(H,17,23)(H,21,22). The Balaban J connectivity index is 1.82. The zero-order valence-corrected chi connectivity index (χ0v) is 14.0. The molecule has 0 aromatic rings. The Labute approximate surface area is 137 Å². The topological polar surface area (TPSA) is 90.0 Å². The average Bonchev–Trinajstić information content (AvgIpc) is 2.88. The van der Waals surface area contributed by atoms with Gasteiger partial charge in [-0.25, -0.2) is 4.79 Å². The maximum Gasteiger partial charge on any atom is 0.317 e. The summed E-state index contributed by atoms with van der Waals surface area (Å²) >= 11 is 0. The maximum absolute atomic E-state index is 12.2. The lowest BCUT2D eigenvalue weighted by Gasteiger charge is -2.31. The number of urea groups is 1. The van der Waals surface area contributed by atoms with Gasteiger partial charge in [-0.1, -0.05) is 26.2 Å². The molecule has 1 saturated carbocycles. The lowest BCUT2D eigenvalue weighted by Crippen LogP contribution is -2.46. The number of nitrogens with one attached hydrogen (secondary N) is 1. The smallest absolute Gasteiger partial charge is 0.317 e. The van der Waals surface area contributed by atoms with Crippen LogP contribution in [0.5, 0.6) is 0 Å². The quantitative estimate of drug-likeness (QED) is 0.797. The minimum absolute atomic E-state index is 0.115. The van der Waals surface area contributed by atoms with Crippen LogP contribution in [-0.4, -0.2) is 65.0 Å². The third kappa shape index (κ3) is 4.59. The van der Waals surface area contributed by atoms with Gasteiger partial charge in [0.05, 0.1) is 12.0 Å². The van der Waals surface area contributed by atoms with Crippen LogP contribution >= 0.6 is 0 Å². The van der Waals surface area contributed by atoms with Crippen LogP contribution in [0.3, 0.4) is 0 Å². The Morgan fingerprint density at radius 1 is 1.35 bits per heavy atom. The van der Waals surface area contributed by atoms with Crippen molar-refractivity contribution in [3.8, 4) is 0 Å². The van der Waals surface area contributed by atoms with Crippen molar-refractivity contribution in [2.24, 2.45) is 5.92 Å². The van der Waals surface area contributed by atoms with E-state index in [1.165, 1.54) is 24.2 Å². The maximum atomic E-state index is 12.2. The molecular weight excluding hydrogens is 298 g/mol. The van der Waals surface area contributed by atoms with Gasteiger partial charge in [0.1, 0.15) is 0 Å². The molecule has 1 saturated heterocycles. The molecule has 0 bridgehead atoms. The van der Waals surface area contributed by atoms with Gasteiger partial charge in [-0.3, -0.25) is 9.59 Å². The molecule has 7 heteroatoms. The fourth-order valence-corrected chi connectivity index (χ4v) is 3.43. The van der Waals surface area contributed by atoms with Gasteiger partial charge in [-0.05, 0) is 12.8 Å². The SMILES string of the molecule is CC(CN(C)C(=O)NC1CC(=O)N(C2CCCCC2)C1)C(=O)O. The van der Waals surface area contributed by atoms with E-state index in [1.807, 2.05) is 4.90 Å². The average molecular weight is 325 g/mol. The number of rotatable bonds is 5. The summed E-state index contributed by atoms with van der Waals surface area (Å²) in [4.78, 5) is 38.5. The monoisotopic (exact) mass is 325 g/mol. The molecule has 1 heterocycles. The van der Waals surface area contributed by atoms with Crippen LogP contribution < -0.4 is 5.32 Å². The molecule has 0 radical (unpaired) electrons. The van der Waals surface area contributed by atoms with Gasteiger partial charge in [0, 0.05) is 32.6 Å². The first-order valence-electron chi connectivity index (χ1n) is 8.42. The molecule has 7 nitrogen and oxygen atoms in total. The molecule has 1 aliphatic heterocycles. The predicted molar refractivity (Wildman–Crippen MR) is 85.0 cm³/mol. The van der Waals surface area contributed by atoms with Gasteiger partial charge in [0.25, 0.3) is 0 Å². The van der Waals surface area contributed by atoms with E-state index < -0.39 is 11.9 Å². The van der Waals surface area contributed by atoms with Crippen LogP contribution in [0.15, 0.2) is 0 Å². The largest absolute Gasteiger partial charge is 0.481 e. The van der Waals surface area contributed by atoms with E-state index >= 15 is 0 Å². The number of carbonyl (C=O) groups is 3. The van der Waals surface area contributed by atoms with Gasteiger partial charge in [0.2, 0.25) is 5.91 Å². The van der Waals surface area contributed by atoms with E-state index in [2.05, 4.69) is 5.32 Å². The van der Waals surface area contributed by atoms with E-state index in [9.17, 15) is 14.4 Å². The molecule has 2 atom stereocenters. The number of nitrogens with zero attached hydrogens (tertiary/aromatic N) is 2. The molecule has 1 aliphatic carbocycles. The summed E-state index contributed by atoms with van der Waals surface area (Å²) in [6.45, 7) is 2.28. The number of aliphatic carboxylic acids is 1. The Morgan fingerprint density at radius 2 is 2.00 bits per heavy atom. The van der Waals surface area contributed by atoms with E-state index in [0.29, 0.717) is 19.0 Å². The van der Waals surface area contributed by atoms with Crippen LogP contribution in [0, 0.1) is 5.92 Å². The van der Waals surface area contributed by atoms with Crippen molar-refractivity contribution < 1.29 is 19.5 Å². The minimum Gasteiger partial charge on any atom is -0.481 e. The van der Waals surface area contributed by atoms with Crippen LogP contribution in [0.1, 0.15) is 45.4 Å². The van der Waals surface area contributed by atoms with E-state index in [0.717, 1.165) is 12.8 Å². The van der Waals surface area contributed by atoms with Crippen molar-refractivity contribution in [3.05, 3.63) is 0 Å². The van der Waals surface area contributed by atoms with E-state index in [4.69, 9.17) is 5.11 Å². The molecule has 2 unspecified atom stereocenters. The van der Waals surface area contributed by atoms with Gasteiger partial charge in [-0.2, -0.15) is 0 Å². The van der Waals surface area contributed by atoms with Crippen LogP contribution in [-0.2, 0) is 9.59 Å². The highest BCUT2D eigenvalue weighted by Crippen LogP contribution is 2.26. The minimum atomic E-state index is -0.927. The van der Waals surface area contributed by atoms with Crippen molar-refractivity contribution in [3.63, 3.8) is 0 Å². The first-order chi connectivity index (χ1) is 10.9. The Hall–Kier alpha value is -1.79. The summed E-state index contributed by atoms with van der Waals surface area (Å²) < 4.78 is 0. The van der Waals surface area contributed by atoms with E-state index in [-0.39, 0.29) is 24.5 Å². The van der Waals surface area contributed by atoms with Gasteiger partial charge < -0.3 is 20.2 Å². The van der Waals surface area contributed by atoms with Gasteiger partial charge >= 0.3 is 12.0 Å². The van der Waals surface area contributed by atoms with Crippen LogP contribution in [0.25, 0.3) is 0 Å². The third-order valence-corrected chi connectivity index (χ3v) is 4.82. The van der Waals surface area contributed by atoms with E-state index in [1.54, 1.807) is 14.0 Å². The summed E-state index contributed by atoms with van der Waals surface area (Å²) in [6, 6.07) is -0.177. The molecule has 23 heavy (non-hydrogen) atoms. The lowest BCUT2D eigenvalue weighted by molar-refractivity contribution is -0.141. The number of hydrogen-bond acceptors (Lipinski definition) is 3. The number of carbonyl (C=O) groups excluding carboxylic acids is 2. The second kappa shape index (κ2) is 7.66. The molecule has 3 amide bonds. The summed E-state index contributed by atoms with van der Waals surface area (Å²) in [5.74, 6) is -1.43. The fraction of sp³-hybridized carbons (Fsp3) is 0.812. The summed E-state index contributed by atoms with van der Waals surface area (Å²) in [7, 11) is 1.57. The molecule has 0 aromatic heterocycles. The van der Waals surface area contributed by atoms with Crippen molar-refractivity contribution in [2.45, 2.75) is 57.5 Å². The summed E-state index contributed by atoms with van der Waals surface area (Å²) in [5, 5.41) is 11.8. The van der Waals surface area contributed by atoms with Crippen molar-refractivity contribution in [1.29, 1.82) is 0 Å². The second-order valence-corrected chi connectivity index (χ2v) is 6.81. The van der Waals surface area contributed by atoms with Gasteiger partial charge in [0.15, 0.2) is 0 Å². The highest BCUT2D eigenvalue weighted by atomic mass is 16.4. The van der Waals surface area contributed by atoms with Crippen molar-refractivity contribution in [1.82, 2.24) is 15.1 Å². The van der Waals surface area contributed by atoms with Crippen molar-refractivity contribution in [2.75, 3.05) is 20.1 Å². The number of carboxylic acid groups (broad SMARTS) is 1. The zero-order valence-electron chi connectivity index (χ0n) is 14.0. The fourth-order valence-electron chi connectivity index (χ4n) is 3.43. The Kier molecular flexibility index (Phi) is 5.85. The number of hydrogen-bond donors (Lipinski definition) is 2. The molecule has 2 rings (SSSR count). The first kappa shape index (κ1) is 17.6. The van der Waals surface area contributed by atoms with Crippen molar-refractivity contribution >= 4 is 17.9 Å². The van der Waals surface area contributed by atoms with Crippen LogP contribution in [0.4, 0.5) is 4.79 Å². The molecular formula is C16H27N3O4. The zero-order chi connectivity index (χ0) is 17.0. The van der Waals surface area contributed by atoms with Gasteiger partial charge in [-0.15, -0.1) is 0 Å². The predicted octanol–water partition coefficient (Wildman–Crippen LogP) is 1.28. The summed E-state index contributed by atoms with van der Waals surface area (Å²) in [6.07, 6.45) is 6.03. The highest BCUT2D eigenvalue weighted by molar-refractivity contribution is 5.82. The number of amides is 3. The number of likely N-dealkylation sites (tertiary alicyclic amines) is 1. The Morgan fingerprint density at radius 3 is 2.61 bits per heavy atom.